The molecule has 1 unspecified atom stereocenters. The second-order valence-electron chi connectivity index (χ2n) is 7.94. The first-order chi connectivity index (χ1) is 13.6. The van der Waals surface area contributed by atoms with Gasteiger partial charge in [0.15, 0.2) is 0 Å². The molecule has 3 heterocycles. The van der Waals surface area contributed by atoms with Gasteiger partial charge >= 0.3 is 0 Å². The molecule has 2 amide bonds. The minimum atomic E-state index is -0.195. The number of nitrogens with one attached hydrogen (secondary N) is 1. The van der Waals surface area contributed by atoms with E-state index in [9.17, 15) is 9.59 Å². The van der Waals surface area contributed by atoms with Crippen molar-refractivity contribution in [1.82, 2.24) is 15.2 Å². The lowest BCUT2D eigenvalue weighted by Gasteiger charge is -2.46. The highest BCUT2D eigenvalue weighted by atomic mass is 16.5. The fourth-order valence-corrected chi connectivity index (χ4v) is 4.57. The van der Waals surface area contributed by atoms with E-state index in [-0.39, 0.29) is 17.4 Å². The number of carbonyl (C=O) groups is 2. The van der Waals surface area contributed by atoms with Crippen molar-refractivity contribution >= 4 is 22.6 Å². The zero-order chi connectivity index (χ0) is 19.6. The van der Waals surface area contributed by atoms with Gasteiger partial charge in [0.2, 0.25) is 5.91 Å². The van der Waals surface area contributed by atoms with Crippen LogP contribution >= 0.6 is 0 Å². The summed E-state index contributed by atoms with van der Waals surface area (Å²) in [5.74, 6) is 0.441. The van der Waals surface area contributed by atoms with E-state index >= 15 is 0 Å². The maximum Gasteiger partial charge on any atom is 0.273 e. The Hall–Kier alpha value is -2.47. The van der Waals surface area contributed by atoms with Crippen molar-refractivity contribution < 1.29 is 14.3 Å². The minimum Gasteiger partial charge on any atom is -0.375 e. The number of hydrogen-bond donors (Lipinski definition) is 1. The van der Waals surface area contributed by atoms with E-state index < -0.39 is 0 Å². The predicted octanol–water partition coefficient (Wildman–Crippen LogP) is 2.77. The van der Waals surface area contributed by atoms with Crippen molar-refractivity contribution in [3.05, 3.63) is 42.2 Å². The molecule has 1 aromatic carbocycles. The summed E-state index contributed by atoms with van der Waals surface area (Å²) in [5.41, 5.74) is 0.330. The smallest absolute Gasteiger partial charge is 0.273 e. The predicted molar refractivity (Wildman–Crippen MR) is 107 cm³/mol. The van der Waals surface area contributed by atoms with Crippen LogP contribution in [0.5, 0.6) is 0 Å². The van der Waals surface area contributed by atoms with Crippen molar-refractivity contribution in [3.8, 4) is 0 Å². The van der Waals surface area contributed by atoms with Crippen molar-refractivity contribution in [3.63, 3.8) is 0 Å². The number of piperidine rings is 1. The van der Waals surface area contributed by atoms with Crippen LogP contribution in [0, 0.1) is 5.92 Å². The van der Waals surface area contributed by atoms with Crippen LogP contribution in [0.4, 0.5) is 0 Å². The van der Waals surface area contributed by atoms with E-state index in [1.54, 1.807) is 13.2 Å². The van der Waals surface area contributed by atoms with E-state index in [4.69, 9.17) is 4.74 Å². The number of ether oxygens (including phenoxy) is 1. The first-order valence-corrected chi connectivity index (χ1v) is 10.1. The number of hydrogen-bond acceptors (Lipinski definition) is 4. The molecule has 1 spiro atoms. The van der Waals surface area contributed by atoms with Crippen molar-refractivity contribution in [2.45, 2.75) is 37.7 Å². The third-order valence-electron chi connectivity index (χ3n) is 6.19. The molecule has 2 aliphatic heterocycles. The van der Waals surface area contributed by atoms with Crippen LogP contribution in [0.1, 0.15) is 42.6 Å². The lowest BCUT2D eigenvalue weighted by molar-refractivity contribution is -0.133. The van der Waals surface area contributed by atoms with Gasteiger partial charge < -0.3 is 15.0 Å². The van der Waals surface area contributed by atoms with Crippen LogP contribution in [0.2, 0.25) is 0 Å². The second-order valence-corrected chi connectivity index (χ2v) is 7.94. The van der Waals surface area contributed by atoms with E-state index in [2.05, 4.69) is 10.3 Å². The minimum absolute atomic E-state index is 0.00984. The van der Waals surface area contributed by atoms with Crippen molar-refractivity contribution in [2.75, 3.05) is 26.7 Å². The number of pyridine rings is 1. The van der Waals surface area contributed by atoms with Gasteiger partial charge in [-0.3, -0.25) is 14.6 Å². The molecule has 2 aromatic rings. The number of amides is 2. The van der Waals surface area contributed by atoms with Gasteiger partial charge in [0.05, 0.1) is 5.60 Å². The standard InChI is InChI=1S/C22H27N3O3/c1-23-19(26)14-16-7-13-28-22(15-16)8-11-25(12-9-22)21(27)20-18-5-3-2-4-17(18)6-10-24-20/h2-6,10,16H,7-9,11-15H2,1H3,(H,23,26). The molecule has 0 bridgehead atoms. The van der Waals surface area contributed by atoms with Gasteiger partial charge in [-0.15, -0.1) is 0 Å². The number of fused-ring (bicyclic) bond motifs is 1. The largest absolute Gasteiger partial charge is 0.375 e. The third kappa shape index (κ3) is 3.74. The number of carbonyl (C=O) groups excluding carboxylic acids is 2. The summed E-state index contributed by atoms with van der Waals surface area (Å²) >= 11 is 0. The molecule has 6 nitrogen and oxygen atoms in total. The van der Waals surface area contributed by atoms with Gasteiger partial charge in [-0.05, 0) is 43.1 Å². The fraction of sp³-hybridized carbons (Fsp3) is 0.500. The summed E-state index contributed by atoms with van der Waals surface area (Å²) in [7, 11) is 1.68. The Morgan fingerprint density at radius 1 is 1.25 bits per heavy atom. The molecule has 2 aliphatic rings. The normalized spacial score (nSPS) is 21.6. The molecule has 4 rings (SSSR count). The van der Waals surface area contributed by atoms with Gasteiger partial charge in [-0.25, -0.2) is 0 Å². The molecule has 2 saturated heterocycles. The summed E-state index contributed by atoms with van der Waals surface area (Å²) in [6.07, 6.45) is 5.72. The molecule has 1 atom stereocenters. The third-order valence-corrected chi connectivity index (χ3v) is 6.19. The van der Waals surface area contributed by atoms with E-state index in [0.717, 1.165) is 36.5 Å². The molecule has 1 N–H and O–H groups in total. The number of aromatic nitrogens is 1. The van der Waals surface area contributed by atoms with E-state index in [1.165, 1.54) is 0 Å². The van der Waals surface area contributed by atoms with E-state index in [1.807, 2.05) is 35.2 Å². The first-order valence-electron chi connectivity index (χ1n) is 10.1. The van der Waals surface area contributed by atoms with Crippen LogP contribution < -0.4 is 5.32 Å². The Morgan fingerprint density at radius 2 is 2.04 bits per heavy atom. The highest BCUT2D eigenvalue weighted by Crippen LogP contribution is 2.39. The topological polar surface area (TPSA) is 71.5 Å². The van der Waals surface area contributed by atoms with Crippen LogP contribution in [-0.4, -0.2) is 54.0 Å². The van der Waals surface area contributed by atoms with Crippen molar-refractivity contribution in [1.29, 1.82) is 0 Å². The number of benzene rings is 1. The molecule has 6 heteroatoms. The molecule has 148 valence electrons. The summed E-state index contributed by atoms with van der Waals surface area (Å²) in [5, 5.41) is 4.65. The first kappa shape index (κ1) is 18.9. The van der Waals surface area contributed by atoms with Gasteiger partial charge in [0, 0.05) is 44.7 Å². The zero-order valence-corrected chi connectivity index (χ0v) is 16.3. The Bertz CT molecular complexity index is 869. The summed E-state index contributed by atoms with van der Waals surface area (Å²) in [6.45, 7) is 2.02. The molecule has 0 radical (unpaired) electrons. The summed E-state index contributed by atoms with van der Waals surface area (Å²) in [4.78, 5) is 31.1. The molecule has 2 fully saturated rings. The van der Waals surface area contributed by atoms with Gasteiger partial charge in [0.1, 0.15) is 5.69 Å². The number of rotatable bonds is 3. The molecular formula is C22H27N3O3. The monoisotopic (exact) mass is 381 g/mol. The quantitative estimate of drug-likeness (QED) is 0.887. The number of nitrogens with zero attached hydrogens (tertiary/aromatic N) is 2. The van der Waals surface area contributed by atoms with Crippen LogP contribution in [0.3, 0.4) is 0 Å². The van der Waals surface area contributed by atoms with Crippen molar-refractivity contribution in [2.24, 2.45) is 5.92 Å². The molecule has 28 heavy (non-hydrogen) atoms. The second kappa shape index (κ2) is 7.87. The molecule has 0 saturated carbocycles. The lowest BCUT2D eigenvalue weighted by Crippen LogP contribution is -2.51. The number of likely N-dealkylation sites (tertiary alicyclic amines) is 1. The summed E-state index contributed by atoms with van der Waals surface area (Å²) in [6, 6.07) is 9.79. The van der Waals surface area contributed by atoms with Gasteiger partial charge in [-0.2, -0.15) is 0 Å². The average molecular weight is 381 g/mol. The zero-order valence-electron chi connectivity index (χ0n) is 16.3. The van der Waals surface area contributed by atoms with Gasteiger partial charge in [0.25, 0.3) is 5.91 Å². The average Bonchev–Trinajstić information content (AvgIpc) is 2.73. The lowest BCUT2D eigenvalue weighted by atomic mass is 9.78. The van der Waals surface area contributed by atoms with Crippen LogP contribution in [0.15, 0.2) is 36.5 Å². The molecule has 1 aromatic heterocycles. The Morgan fingerprint density at radius 3 is 2.82 bits per heavy atom. The Labute approximate surface area is 165 Å². The van der Waals surface area contributed by atoms with Crippen LogP contribution in [-0.2, 0) is 9.53 Å². The van der Waals surface area contributed by atoms with Crippen LogP contribution in [0.25, 0.3) is 10.8 Å². The van der Waals surface area contributed by atoms with Gasteiger partial charge in [-0.1, -0.05) is 24.3 Å². The molecular weight excluding hydrogens is 354 g/mol. The highest BCUT2D eigenvalue weighted by Gasteiger charge is 2.41. The highest BCUT2D eigenvalue weighted by molar-refractivity contribution is 6.05. The summed E-state index contributed by atoms with van der Waals surface area (Å²) < 4.78 is 6.17. The Kier molecular flexibility index (Phi) is 5.31. The van der Waals surface area contributed by atoms with E-state index in [0.29, 0.717) is 37.7 Å². The molecule has 0 aliphatic carbocycles. The maximum atomic E-state index is 13.1. The fourth-order valence-electron chi connectivity index (χ4n) is 4.57. The maximum absolute atomic E-state index is 13.1. The Balaban J connectivity index is 1.43. The SMILES string of the molecule is CNC(=O)CC1CCOC2(CCN(C(=O)c3nccc4ccccc34)CC2)C1.